The normalized spacial score (nSPS) is 9.87. The molecular formula is C22H23N3O6. The van der Waals surface area contributed by atoms with Crippen LogP contribution in [-0.4, -0.2) is 57.0 Å². The van der Waals surface area contributed by atoms with Crippen LogP contribution in [0.2, 0.25) is 0 Å². The number of hydrogen-bond acceptors (Lipinski definition) is 6. The summed E-state index contributed by atoms with van der Waals surface area (Å²) in [6.07, 6.45) is 5.36. The van der Waals surface area contributed by atoms with Gasteiger partial charge in [-0.25, -0.2) is 0 Å². The van der Waals surface area contributed by atoms with Gasteiger partial charge >= 0.3 is 0 Å². The number of nitrogens with zero attached hydrogens (tertiary/aromatic N) is 1. The number of terminal acetylenes is 1. The zero-order valence-corrected chi connectivity index (χ0v) is 17.4. The Balaban J connectivity index is 2.16. The highest BCUT2D eigenvalue weighted by atomic mass is 16.5. The van der Waals surface area contributed by atoms with Gasteiger partial charge in [0.1, 0.15) is 0 Å². The van der Waals surface area contributed by atoms with Crippen molar-refractivity contribution in [3.05, 3.63) is 47.5 Å². The number of carbonyl (C=O) groups excluding carboxylic acids is 3. The number of nitrogens with two attached hydrogens (primary N) is 1. The Bertz CT molecular complexity index is 1000. The fraction of sp³-hybridized carbons (Fsp3) is 0.227. The zero-order valence-electron chi connectivity index (χ0n) is 17.4. The Labute approximate surface area is 180 Å². The third-order valence-electron chi connectivity index (χ3n) is 4.11. The number of anilines is 1. The van der Waals surface area contributed by atoms with E-state index < -0.39 is 17.7 Å². The SMILES string of the molecule is C#Cc1cccc(NC(=O)CN(C)C(=O)c2cc(OC)c(OCC(N)=O)c(OC)c2)c1. The summed E-state index contributed by atoms with van der Waals surface area (Å²) in [4.78, 5) is 37.4. The number of ether oxygens (including phenoxy) is 3. The van der Waals surface area contributed by atoms with E-state index >= 15 is 0 Å². The number of primary amides is 1. The van der Waals surface area contributed by atoms with Gasteiger partial charge in [-0.05, 0) is 30.3 Å². The first-order valence-electron chi connectivity index (χ1n) is 9.08. The van der Waals surface area contributed by atoms with Crippen LogP contribution in [0.3, 0.4) is 0 Å². The van der Waals surface area contributed by atoms with E-state index in [9.17, 15) is 14.4 Å². The van der Waals surface area contributed by atoms with E-state index in [0.29, 0.717) is 11.3 Å². The minimum absolute atomic E-state index is 0.133. The molecule has 0 atom stereocenters. The van der Waals surface area contributed by atoms with E-state index in [4.69, 9.17) is 26.4 Å². The molecule has 0 unspecified atom stereocenters. The number of benzene rings is 2. The minimum Gasteiger partial charge on any atom is -0.493 e. The number of likely N-dealkylation sites (N-methyl/N-ethyl adjacent to an activating group) is 1. The maximum Gasteiger partial charge on any atom is 0.255 e. The van der Waals surface area contributed by atoms with E-state index in [2.05, 4.69) is 11.2 Å². The topological polar surface area (TPSA) is 120 Å². The van der Waals surface area contributed by atoms with Gasteiger partial charge in [-0.15, -0.1) is 6.42 Å². The number of hydrogen-bond donors (Lipinski definition) is 2. The molecule has 0 aliphatic carbocycles. The van der Waals surface area contributed by atoms with Gasteiger partial charge in [-0.2, -0.15) is 0 Å². The third kappa shape index (κ3) is 6.14. The molecule has 2 aromatic rings. The molecule has 2 rings (SSSR count). The van der Waals surface area contributed by atoms with Gasteiger partial charge in [-0.1, -0.05) is 12.0 Å². The van der Waals surface area contributed by atoms with Crippen LogP contribution in [0.15, 0.2) is 36.4 Å². The first kappa shape index (κ1) is 23.1. The van der Waals surface area contributed by atoms with E-state index in [-0.39, 0.29) is 36.0 Å². The Kier molecular flexibility index (Phi) is 7.86. The summed E-state index contributed by atoms with van der Waals surface area (Å²) in [5.74, 6) is 1.44. The van der Waals surface area contributed by atoms with Crippen LogP contribution < -0.4 is 25.3 Å². The van der Waals surface area contributed by atoms with Gasteiger partial charge in [0.05, 0.1) is 20.8 Å². The molecule has 0 saturated heterocycles. The summed E-state index contributed by atoms with van der Waals surface area (Å²) >= 11 is 0. The van der Waals surface area contributed by atoms with Gasteiger partial charge in [0.25, 0.3) is 11.8 Å². The molecule has 0 saturated carbocycles. The lowest BCUT2D eigenvalue weighted by Gasteiger charge is -2.19. The van der Waals surface area contributed by atoms with Crippen LogP contribution >= 0.6 is 0 Å². The maximum atomic E-state index is 12.8. The lowest BCUT2D eigenvalue weighted by molar-refractivity contribution is -0.120. The third-order valence-corrected chi connectivity index (χ3v) is 4.11. The molecule has 0 fully saturated rings. The van der Waals surface area contributed by atoms with E-state index in [1.807, 2.05) is 0 Å². The van der Waals surface area contributed by atoms with Crippen LogP contribution in [-0.2, 0) is 9.59 Å². The van der Waals surface area contributed by atoms with Crippen LogP contribution in [0, 0.1) is 12.3 Å². The van der Waals surface area contributed by atoms with Crippen LogP contribution in [0.4, 0.5) is 5.69 Å². The van der Waals surface area contributed by atoms with Crippen molar-refractivity contribution in [2.24, 2.45) is 5.73 Å². The summed E-state index contributed by atoms with van der Waals surface area (Å²) in [5.41, 5.74) is 6.46. The summed E-state index contributed by atoms with van der Waals surface area (Å²) in [6.45, 7) is -0.593. The number of methoxy groups -OCH3 is 2. The van der Waals surface area contributed by atoms with Crippen molar-refractivity contribution in [3.8, 4) is 29.6 Å². The molecule has 3 amide bonds. The molecular weight excluding hydrogens is 402 g/mol. The summed E-state index contributed by atoms with van der Waals surface area (Å²) < 4.78 is 15.8. The highest BCUT2D eigenvalue weighted by Gasteiger charge is 2.21. The monoisotopic (exact) mass is 425 g/mol. The lowest BCUT2D eigenvalue weighted by Crippen LogP contribution is -2.35. The molecule has 0 aliphatic heterocycles. The van der Waals surface area contributed by atoms with Gasteiger partial charge in [0.2, 0.25) is 11.7 Å². The summed E-state index contributed by atoms with van der Waals surface area (Å²) in [6, 6.07) is 9.66. The Morgan fingerprint density at radius 2 is 1.77 bits per heavy atom. The Morgan fingerprint density at radius 3 is 2.32 bits per heavy atom. The molecule has 0 spiro atoms. The molecule has 0 aliphatic rings. The highest BCUT2D eigenvalue weighted by molar-refractivity contribution is 6.00. The number of carbonyl (C=O) groups is 3. The number of amides is 3. The van der Waals surface area contributed by atoms with Crippen molar-refractivity contribution in [3.63, 3.8) is 0 Å². The molecule has 3 N–H and O–H groups in total. The molecule has 0 aromatic heterocycles. The first-order valence-corrected chi connectivity index (χ1v) is 9.08. The van der Waals surface area contributed by atoms with Crippen LogP contribution in [0.5, 0.6) is 17.2 Å². The van der Waals surface area contributed by atoms with Crippen molar-refractivity contribution in [1.82, 2.24) is 4.90 Å². The second kappa shape index (κ2) is 10.5. The van der Waals surface area contributed by atoms with Crippen LogP contribution in [0.25, 0.3) is 0 Å². The van der Waals surface area contributed by atoms with Crippen molar-refractivity contribution in [2.75, 3.05) is 39.7 Å². The van der Waals surface area contributed by atoms with E-state index in [1.165, 1.54) is 38.3 Å². The summed E-state index contributed by atoms with van der Waals surface area (Å²) in [7, 11) is 4.24. The predicted octanol–water partition coefficient (Wildman–Crippen LogP) is 1.26. The predicted molar refractivity (Wildman–Crippen MR) is 114 cm³/mol. The molecule has 0 radical (unpaired) electrons. The molecule has 9 nitrogen and oxygen atoms in total. The van der Waals surface area contributed by atoms with Crippen molar-refractivity contribution in [1.29, 1.82) is 0 Å². The van der Waals surface area contributed by atoms with E-state index in [1.54, 1.807) is 24.3 Å². The van der Waals surface area contributed by atoms with Gasteiger partial charge in [0, 0.05) is 23.9 Å². The van der Waals surface area contributed by atoms with Crippen molar-refractivity contribution < 1.29 is 28.6 Å². The second-order valence-corrected chi connectivity index (χ2v) is 6.40. The molecule has 31 heavy (non-hydrogen) atoms. The second-order valence-electron chi connectivity index (χ2n) is 6.40. The van der Waals surface area contributed by atoms with Gasteiger partial charge < -0.3 is 30.2 Å². The fourth-order valence-corrected chi connectivity index (χ4v) is 2.68. The van der Waals surface area contributed by atoms with Crippen molar-refractivity contribution >= 4 is 23.4 Å². The Morgan fingerprint density at radius 1 is 1.13 bits per heavy atom. The van der Waals surface area contributed by atoms with E-state index in [0.717, 1.165) is 0 Å². The standard InChI is InChI=1S/C22H23N3O6/c1-5-14-7-6-8-16(9-14)24-20(27)12-25(2)22(28)15-10-17(29-3)21(18(11-15)30-4)31-13-19(23)26/h1,6-11H,12-13H2,2-4H3,(H2,23,26)(H,24,27). The van der Waals surface area contributed by atoms with Gasteiger partial charge in [0.15, 0.2) is 18.1 Å². The molecule has 0 bridgehead atoms. The molecule has 9 heteroatoms. The molecule has 0 heterocycles. The quantitative estimate of drug-likeness (QED) is 0.584. The van der Waals surface area contributed by atoms with Crippen LogP contribution in [0.1, 0.15) is 15.9 Å². The smallest absolute Gasteiger partial charge is 0.255 e. The number of nitrogens with one attached hydrogen (secondary N) is 1. The van der Waals surface area contributed by atoms with Gasteiger partial charge in [-0.3, -0.25) is 14.4 Å². The minimum atomic E-state index is -0.678. The highest BCUT2D eigenvalue weighted by Crippen LogP contribution is 2.38. The summed E-state index contributed by atoms with van der Waals surface area (Å²) in [5, 5.41) is 2.69. The first-order chi connectivity index (χ1) is 14.8. The molecule has 162 valence electrons. The number of rotatable bonds is 9. The average molecular weight is 425 g/mol. The largest absolute Gasteiger partial charge is 0.493 e. The Hall–Kier alpha value is -4.19. The zero-order chi connectivity index (χ0) is 23.0. The maximum absolute atomic E-state index is 12.8. The van der Waals surface area contributed by atoms with Crippen molar-refractivity contribution in [2.45, 2.75) is 0 Å². The average Bonchev–Trinajstić information content (AvgIpc) is 2.76. The lowest BCUT2D eigenvalue weighted by atomic mass is 10.1. The molecule has 2 aromatic carbocycles. The fourth-order valence-electron chi connectivity index (χ4n) is 2.68.